The van der Waals surface area contributed by atoms with Gasteiger partial charge in [-0.2, -0.15) is 0 Å². The molecule has 0 N–H and O–H groups in total. The highest BCUT2D eigenvalue weighted by atomic mass is 16.5. The molecule has 0 aliphatic heterocycles. The van der Waals surface area contributed by atoms with Crippen LogP contribution in [0.15, 0.2) is 48.5 Å². The number of amides is 1. The molecule has 1 aliphatic carbocycles. The standard InChI is InChI=1S/C21H24N4O2/c1-15(17-9-10-17)24(13-16-7-11-18(27-2)12-8-16)21(26)14-25-20-6-4-3-5-19(20)22-23-25/h3-8,11-12,15,17H,9-10,13-14H2,1-2H3. The van der Waals surface area contributed by atoms with Crippen molar-refractivity contribution in [1.82, 2.24) is 19.9 Å². The third-order valence-electron chi connectivity index (χ3n) is 5.33. The fraction of sp³-hybridized carbons (Fsp3) is 0.381. The molecule has 1 saturated carbocycles. The first-order valence-electron chi connectivity index (χ1n) is 9.36. The first kappa shape index (κ1) is 17.5. The van der Waals surface area contributed by atoms with Crippen LogP contribution in [0.2, 0.25) is 0 Å². The average molecular weight is 364 g/mol. The fourth-order valence-corrected chi connectivity index (χ4v) is 3.47. The van der Waals surface area contributed by atoms with Crippen LogP contribution in [-0.2, 0) is 17.9 Å². The Balaban J connectivity index is 1.54. The van der Waals surface area contributed by atoms with Gasteiger partial charge in [0.1, 0.15) is 17.8 Å². The number of rotatable bonds is 7. The normalized spacial score (nSPS) is 14.9. The van der Waals surface area contributed by atoms with Crippen LogP contribution < -0.4 is 4.74 Å². The van der Waals surface area contributed by atoms with Crippen molar-refractivity contribution in [3.05, 3.63) is 54.1 Å². The van der Waals surface area contributed by atoms with E-state index in [9.17, 15) is 4.79 Å². The molecule has 6 nitrogen and oxygen atoms in total. The Morgan fingerprint density at radius 3 is 2.67 bits per heavy atom. The molecule has 0 bridgehead atoms. The van der Waals surface area contributed by atoms with E-state index in [1.807, 2.05) is 53.4 Å². The van der Waals surface area contributed by atoms with Gasteiger partial charge in [0.15, 0.2) is 0 Å². The molecule has 27 heavy (non-hydrogen) atoms. The third kappa shape index (κ3) is 3.79. The van der Waals surface area contributed by atoms with Crippen LogP contribution in [0.3, 0.4) is 0 Å². The Hall–Kier alpha value is -2.89. The molecular formula is C21H24N4O2. The maximum absolute atomic E-state index is 13.2. The Morgan fingerprint density at radius 2 is 1.96 bits per heavy atom. The molecule has 1 heterocycles. The topological polar surface area (TPSA) is 60.2 Å². The lowest BCUT2D eigenvalue weighted by molar-refractivity contribution is -0.135. The van der Waals surface area contributed by atoms with Gasteiger partial charge in [-0.1, -0.05) is 29.5 Å². The lowest BCUT2D eigenvalue weighted by Crippen LogP contribution is -2.41. The van der Waals surface area contributed by atoms with E-state index < -0.39 is 0 Å². The monoisotopic (exact) mass is 364 g/mol. The van der Waals surface area contributed by atoms with E-state index in [2.05, 4.69) is 17.2 Å². The van der Waals surface area contributed by atoms with Crippen LogP contribution in [-0.4, -0.2) is 39.0 Å². The van der Waals surface area contributed by atoms with Crippen molar-refractivity contribution in [2.24, 2.45) is 5.92 Å². The van der Waals surface area contributed by atoms with E-state index in [4.69, 9.17) is 4.74 Å². The number of aromatic nitrogens is 3. The molecule has 1 aliphatic rings. The van der Waals surface area contributed by atoms with Crippen molar-refractivity contribution >= 4 is 16.9 Å². The molecule has 2 aromatic carbocycles. The van der Waals surface area contributed by atoms with E-state index >= 15 is 0 Å². The van der Waals surface area contributed by atoms with Gasteiger partial charge in [0.2, 0.25) is 5.91 Å². The highest BCUT2D eigenvalue weighted by molar-refractivity contribution is 5.80. The highest BCUT2D eigenvalue weighted by Gasteiger charge is 2.34. The SMILES string of the molecule is COc1ccc(CN(C(=O)Cn2nnc3ccccc32)C(C)C2CC2)cc1. The summed E-state index contributed by atoms with van der Waals surface area (Å²) >= 11 is 0. The summed E-state index contributed by atoms with van der Waals surface area (Å²) in [5.74, 6) is 1.49. The van der Waals surface area contributed by atoms with Crippen molar-refractivity contribution in [3.8, 4) is 5.75 Å². The van der Waals surface area contributed by atoms with Crippen LogP contribution in [0.25, 0.3) is 11.0 Å². The highest BCUT2D eigenvalue weighted by Crippen LogP contribution is 2.36. The lowest BCUT2D eigenvalue weighted by atomic mass is 10.1. The van der Waals surface area contributed by atoms with Crippen molar-refractivity contribution in [1.29, 1.82) is 0 Å². The van der Waals surface area contributed by atoms with E-state index in [1.165, 1.54) is 12.8 Å². The summed E-state index contributed by atoms with van der Waals surface area (Å²) in [4.78, 5) is 15.2. The predicted molar refractivity (Wildman–Crippen MR) is 103 cm³/mol. The first-order valence-corrected chi connectivity index (χ1v) is 9.36. The quantitative estimate of drug-likeness (QED) is 0.646. The summed E-state index contributed by atoms with van der Waals surface area (Å²) in [6.07, 6.45) is 2.39. The maximum atomic E-state index is 13.2. The van der Waals surface area contributed by atoms with E-state index in [0.29, 0.717) is 12.5 Å². The molecule has 3 aromatic rings. The summed E-state index contributed by atoms with van der Waals surface area (Å²) in [7, 11) is 1.66. The number of nitrogens with zero attached hydrogens (tertiary/aromatic N) is 4. The maximum Gasteiger partial charge on any atom is 0.244 e. The lowest BCUT2D eigenvalue weighted by Gasteiger charge is -2.29. The Kier molecular flexibility index (Phi) is 4.79. The number of carbonyl (C=O) groups excluding carboxylic acids is 1. The minimum Gasteiger partial charge on any atom is -0.497 e. The molecule has 4 rings (SSSR count). The number of hydrogen-bond donors (Lipinski definition) is 0. The number of carbonyl (C=O) groups is 1. The van der Waals surface area contributed by atoms with Crippen LogP contribution in [0.4, 0.5) is 0 Å². The van der Waals surface area contributed by atoms with Gasteiger partial charge >= 0.3 is 0 Å². The molecular weight excluding hydrogens is 340 g/mol. The number of para-hydroxylation sites is 1. The van der Waals surface area contributed by atoms with Gasteiger partial charge in [-0.25, -0.2) is 4.68 Å². The molecule has 1 unspecified atom stereocenters. The molecule has 0 spiro atoms. The molecule has 1 atom stereocenters. The predicted octanol–water partition coefficient (Wildman–Crippen LogP) is 3.27. The molecule has 1 fully saturated rings. The van der Waals surface area contributed by atoms with Crippen molar-refractivity contribution < 1.29 is 9.53 Å². The minimum absolute atomic E-state index is 0.0703. The molecule has 140 valence electrons. The summed E-state index contributed by atoms with van der Waals surface area (Å²) in [5, 5.41) is 8.32. The van der Waals surface area contributed by atoms with Crippen molar-refractivity contribution in [2.75, 3.05) is 7.11 Å². The van der Waals surface area contributed by atoms with Crippen LogP contribution >= 0.6 is 0 Å². The van der Waals surface area contributed by atoms with Gasteiger partial charge in [-0.05, 0) is 55.5 Å². The number of hydrogen-bond acceptors (Lipinski definition) is 4. The Labute approximate surface area is 158 Å². The number of methoxy groups -OCH3 is 1. The molecule has 1 amide bonds. The van der Waals surface area contributed by atoms with Crippen LogP contribution in [0.5, 0.6) is 5.75 Å². The second-order valence-electron chi connectivity index (χ2n) is 7.18. The Bertz CT molecular complexity index is 931. The smallest absolute Gasteiger partial charge is 0.244 e. The zero-order valence-electron chi connectivity index (χ0n) is 15.7. The summed E-state index contributed by atoms with van der Waals surface area (Å²) < 4.78 is 6.92. The number of ether oxygens (including phenoxy) is 1. The molecule has 6 heteroatoms. The summed E-state index contributed by atoms with van der Waals surface area (Å²) in [6, 6.07) is 15.8. The van der Waals surface area contributed by atoms with Gasteiger partial charge in [0, 0.05) is 12.6 Å². The molecule has 0 saturated heterocycles. The van der Waals surface area contributed by atoms with Crippen LogP contribution in [0.1, 0.15) is 25.3 Å². The minimum atomic E-state index is 0.0703. The van der Waals surface area contributed by atoms with Gasteiger partial charge in [0.25, 0.3) is 0 Å². The van der Waals surface area contributed by atoms with Gasteiger partial charge < -0.3 is 9.64 Å². The van der Waals surface area contributed by atoms with E-state index in [-0.39, 0.29) is 18.5 Å². The molecule has 0 radical (unpaired) electrons. The van der Waals surface area contributed by atoms with Gasteiger partial charge in [-0.15, -0.1) is 5.10 Å². The zero-order valence-corrected chi connectivity index (χ0v) is 15.7. The molecule has 1 aromatic heterocycles. The van der Waals surface area contributed by atoms with E-state index in [0.717, 1.165) is 22.3 Å². The van der Waals surface area contributed by atoms with Crippen molar-refractivity contribution in [3.63, 3.8) is 0 Å². The zero-order chi connectivity index (χ0) is 18.8. The number of fused-ring (bicyclic) bond motifs is 1. The summed E-state index contributed by atoms with van der Waals surface area (Å²) in [6.45, 7) is 2.94. The fourth-order valence-electron chi connectivity index (χ4n) is 3.47. The summed E-state index contributed by atoms with van der Waals surface area (Å²) in [5.41, 5.74) is 2.79. The third-order valence-corrected chi connectivity index (χ3v) is 5.33. The Morgan fingerprint density at radius 1 is 1.22 bits per heavy atom. The largest absolute Gasteiger partial charge is 0.497 e. The van der Waals surface area contributed by atoms with Gasteiger partial charge in [-0.3, -0.25) is 4.79 Å². The van der Waals surface area contributed by atoms with Gasteiger partial charge in [0.05, 0.1) is 12.6 Å². The number of benzene rings is 2. The van der Waals surface area contributed by atoms with E-state index in [1.54, 1.807) is 11.8 Å². The second kappa shape index (κ2) is 7.39. The second-order valence-corrected chi connectivity index (χ2v) is 7.18. The average Bonchev–Trinajstić information content (AvgIpc) is 3.48. The van der Waals surface area contributed by atoms with Crippen LogP contribution in [0, 0.1) is 5.92 Å². The van der Waals surface area contributed by atoms with Crippen molar-refractivity contribution in [2.45, 2.75) is 38.9 Å². The first-order chi connectivity index (χ1) is 13.2.